The highest BCUT2D eigenvalue weighted by molar-refractivity contribution is 6.40. The van der Waals surface area contributed by atoms with Crippen molar-refractivity contribution in [3.63, 3.8) is 0 Å². The van der Waals surface area contributed by atoms with Gasteiger partial charge in [-0.05, 0) is 42.7 Å². The van der Waals surface area contributed by atoms with E-state index in [2.05, 4.69) is 17.6 Å². The van der Waals surface area contributed by atoms with E-state index in [4.69, 9.17) is 23.2 Å². The number of amides is 3. The molecule has 0 spiro atoms. The lowest BCUT2D eigenvalue weighted by atomic mass is 10.0. The molecule has 2 aromatic carbocycles. The minimum atomic E-state index is -0.643. The number of nitrogens with one attached hydrogen (secondary N) is 2. The number of hydrogen-bond donors (Lipinski definition) is 2. The quantitative estimate of drug-likeness (QED) is 0.285. The Morgan fingerprint density at radius 2 is 1.28 bits per heavy atom. The molecule has 0 bridgehead atoms. The third-order valence-electron chi connectivity index (χ3n) is 5.45. The highest BCUT2D eigenvalue weighted by atomic mass is 35.5. The second-order valence-corrected chi connectivity index (χ2v) is 8.95. The van der Waals surface area contributed by atoms with Gasteiger partial charge in [-0.1, -0.05) is 106 Å². The summed E-state index contributed by atoms with van der Waals surface area (Å²) in [5.74, 6) is -0.643. The van der Waals surface area contributed by atoms with Crippen LogP contribution in [0, 0.1) is 0 Å². The Balaban J connectivity index is 1.65. The predicted molar refractivity (Wildman–Crippen MR) is 135 cm³/mol. The van der Waals surface area contributed by atoms with E-state index in [0.717, 1.165) is 6.42 Å². The Labute approximate surface area is 202 Å². The first-order valence-electron chi connectivity index (χ1n) is 11.7. The molecule has 6 heteroatoms. The largest absolute Gasteiger partial charge is 0.326 e. The zero-order valence-electron chi connectivity index (χ0n) is 18.9. The molecular weight excluding hydrogens is 443 g/mol. The summed E-state index contributed by atoms with van der Waals surface area (Å²) >= 11 is 12.0. The molecule has 0 radical (unpaired) electrons. The van der Waals surface area contributed by atoms with Crippen LogP contribution in [0.15, 0.2) is 42.5 Å². The molecule has 0 aromatic heterocycles. The smallest absolute Gasteiger partial charge is 0.308 e. The number of rotatable bonds is 13. The molecule has 0 aliphatic heterocycles. The van der Waals surface area contributed by atoms with Gasteiger partial charge in [0.1, 0.15) is 0 Å². The Hall–Kier alpha value is -2.04. The normalized spacial score (nSPS) is 10.7. The van der Waals surface area contributed by atoms with Crippen molar-refractivity contribution in [3.8, 4) is 0 Å². The molecule has 0 fully saturated rings. The van der Waals surface area contributed by atoms with E-state index >= 15 is 0 Å². The summed E-state index contributed by atoms with van der Waals surface area (Å²) in [6.45, 7) is 2.25. The number of aryl methyl sites for hydroxylation is 1. The third-order valence-corrected chi connectivity index (χ3v) is 6.08. The molecule has 4 nitrogen and oxygen atoms in total. The van der Waals surface area contributed by atoms with Crippen LogP contribution in [0.5, 0.6) is 0 Å². The highest BCUT2D eigenvalue weighted by Crippen LogP contribution is 2.24. The number of imide groups is 1. The van der Waals surface area contributed by atoms with Crippen molar-refractivity contribution < 1.29 is 9.59 Å². The lowest BCUT2D eigenvalue weighted by Crippen LogP contribution is -2.34. The van der Waals surface area contributed by atoms with Crippen LogP contribution in [0.25, 0.3) is 0 Å². The fourth-order valence-electron chi connectivity index (χ4n) is 3.61. The second kappa shape index (κ2) is 14.9. The topological polar surface area (TPSA) is 58.2 Å². The number of carbonyl (C=O) groups excluding carboxylic acids is 2. The van der Waals surface area contributed by atoms with Gasteiger partial charge < -0.3 is 5.32 Å². The summed E-state index contributed by atoms with van der Waals surface area (Å²) in [5.41, 5.74) is 1.94. The van der Waals surface area contributed by atoms with E-state index in [9.17, 15) is 9.59 Å². The van der Waals surface area contributed by atoms with Crippen LogP contribution >= 0.6 is 23.2 Å². The molecule has 2 rings (SSSR count). The molecule has 3 amide bonds. The first-order valence-corrected chi connectivity index (χ1v) is 12.4. The first kappa shape index (κ1) is 26.2. The molecule has 0 heterocycles. The summed E-state index contributed by atoms with van der Waals surface area (Å²) < 4.78 is 0. The zero-order chi connectivity index (χ0) is 23.2. The van der Waals surface area contributed by atoms with Crippen molar-refractivity contribution >= 4 is 40.8 Å². The summed E-state index contributed by atoms with van der Waals surface area (Å²) in [5, 5.41) is 5.30. The van der Waals surface area contributed by atoms with Crippen molar-refractivity contribution in [2.75, 3.05) is 5.32 Å². The lowest BCUT2D eigenvalue weighted by molar-refractivity contribution is 0.0967. The molecule has 2 N–H and O–H groups in total. The molecule has 174 valence electrons. The highest BCUT2D eigenvalue weighted by Gasteiger charge is 2.17. The zero-order valence-corrected chi connectivity index (χ0v) is 20.4. The number of halogens is 2. The van der Waals surface area contributed by atoms with Gasteiger partial charge in [-0.2, -0.15) is 0 Å². The summed E-state index contributed by atoms with van der Waals surface area (Å²) in [6.07, 6.45) is 14.3. The van der Waals surface area contributed by atoms with E-state index in [-0.39, 0.29) is 15.6 Å². The molecular formula is C26H34Cl2N2O2. The standard InChI is InChI=1S/C26H34Cl2N2O2/c1-2-3-4-5-6-7-8-9-10-11-13-20-16-18-21(19-17-20)29-26(32)30-25(31)24-22(27)14-12-15-23(24)28/h12,14-19H,2-11,13H2,1H3,(H2,29,30,31,32). The van der Waals surface area contributed by atoms with Crippen LogP contribution < -0.4 is 10.6 Å². The minimum Gasteiger partial charge on any atom is -0.308 e. The maximum Gasteiger partial charge on any atom is 0.326 e. The minimum absolute atomic E-state index is 0.0813. The van der Waals surface area contributed by atoms with Crippen molar-refractivity contribution in [1.82, 2.24) is 5.32 Å². The van der Waals surface area contributed by atoms with E-state index in [1.807, 2.05) is 24.3 Å². The van der Waals surface area contributed by atoms with E-state index < -0.39 is 11.9 Å². The SMILES string of the molecule is CCCCCCCCCCCCc1ccc(NC(=O)NC(=O)c2c(Cl)cccc2Cl)cc1. The van der Waals surface area contributed by atoms with Crippen molar-refractivity contribution in [2.45, 2.75) is 77.6 Å². The maximum absolute atomic E-state index is 12.3. The monoisotopic (exact) mass is 476 g/mol. The van der Waals surface area contributed by atoms with Crippen LogP contribution in [0.3, 0.4) is 0 Å². The number of unbranched alkanes of at least 4 members (excludes halogenated alkanes) is 9. The van der Waals surface area contributed by atoms with Gasteiger partial charge in [0.25, 0.3) is 5.91 Å². The van der Waals surface area contributed by atoms with Gasteiger partial charge in [0.2, 0.25) is 0 Å². The maximum atomic E-state index is 12.3. The van der Waals surface area contributed by atoms with Crippen LogP contribution in [-0.4, -0.2) is 11.9 Å². The van der Waals surface area contributed by atoms with E-state index in [1.165, 1.54) is 69.8 Å². The third kappa shape index (κ3) is 9.62. The van der Waals surface area contributed by atoms with Gasteiger partial charge >= 0.3 is 6.03 Å². The fourth-order valence-corrected chi connectivity index (χ4v) is 4.18. The number of urea groups is 1. The summed E-state index contributed by atoms with van der Waals surface area (Å²) in [7, 11) is 0. The Kier molecular flexibility index (Phi) is 12.2. The van der Waals surface area contributed by atoms with Crippen LogP contribution in [0.2, 0.25) is 10.0 Å². The fraction of sp³-hybridized carbons (Fsp3) is 0.462. The van der Waals surface area contributed by atoms with Crippen LogP contribution in [0.1, 0.15) is 87.1 Å². The number of hydrogen-bond acceptors (Lipinski definition) is 2. The predicted octanol–water partition coefficient (Wildman–Crippen LogP) is 8.42. The second-order valence-electron chi connectivity index (χ2n) is 8.13. The number of anilines is 1. The summed E-state index contributed by atoms with van der Waals surface area (Å²) in [6, 6.07) is 11.8. The molecule has 0 unspecified atom stereocenters. The summed E-state index contributed by atoms with van der Waals surface area (Å²) in [4.78, 5) is 24.4. The molecule has 0 saturated carbocycles. The Bertz CT molecular complexity index is 833. The molecule has 0 atom stereocenters. The van der Waals surface area contributed by atoms with Crippen LogP contribution in [0.4, 0.5) is 10.5 Å². The molecule has 0 saturated heterocycles. The lowest BCUT2D eigenvalue weighted by Gasteiger charge is -2.09. The number of carbonyl (C=O) groups is 2. The Morgan fingerprint density at radius 3 is 1.84 bits per heavy atom. The molecule has 0 aliphatic rings. The van der Waals surface area contributed by atoms with Crippen LogP contribution in [-0.2, 0) is 6.42 Å². The van der Waals surface area contributed by atoms with Gasteiger partial charge in [0, 0.05) is 5.69 Å². The van der Waals surface area contributed by atoms with Gasteiger partial charge in [0.15, 0.2) is 0 Å². The van der Waals surface area contributed by atoms with E-state index in [1.54, 1.807) is 18.2 Å². The number of benzene rings is 2. The van der Waals surface area contributed by atoms with Gasteiger partial charge in [-0.25, -0.2) is 4.79 Å². The van der Waals surface area contributed by atoms with Crippen molar-refractivity contribution in [2.24, 2.45) is 0 Å². The average molecular weight is 477 g/mol. The van der Waals surface area contributed by atoms with Crippen molar-refractivity contribution in [1.29, 1.82) is 0 Å². The molecule has 0 aliphatic carbocycles. The van der Waals surface area contributed by atoms with Crippen molar-refractivity contribution in [3.05, 3.63) is 63.6 Å². The van der Waals surface area contributed by atoms with Gasteiger partial charge in [0.05, 0.1) is 15.6 Å². The van der Waals surface area contributed by atoms with Gasteiger partial charge in [-0.3, -0.25) is 10.1 Å². The molecule has 2 aromatic rings. The molecule has 32 heavy (non-hydrogen) atoms. The Morgan fingerprint density at radius 1 is 0.750 bits per heavy atom. The average Bonchev–Trinajstić information content (AvgIpc) is 2.76. The first-order chi connectivity index (χ1) is 15.5. The van der Waals surface area contributed by atoms with E-state index in [0.29, 0.717) is 5.69 Å². The van der Waals surface area contributed by atoms with Gasteiger partial charge in [-0.15, -0.1) is 0 Å².